The molecule has 0 unspecified atom stereocenters. The molecule has 0 amide bonds. The Morgan fingerprint density at radius 2 is 1.73 bits per heavy atom. The quantitative estimate of drug-likeness (QED) is 0.362. The molecule has 1 saturated heterocycles. The summed E-state index contributed by atoms with van der Waals surface area (Å²) in [6.45, 7) is 7.66. The van der Waals surface area contributed by atoms with Gasteiger partial charge in [-0.25, -0.2) is 0 Å². The van der Waals surface area contributed by atoms with Crippen molar-refractivity contribution >= 4 is 0 Å². The van der Waals surface area contributed by atoms with Crippen LogP contribution in [0.4, 0.5) is 0 Å². The first-order chi connectivity index (χ1) is 4.62. The third-order valence-corrected chi connectivity index (χ3v) is 1.57. The molecule has 0 bridgehead atoms. The van der Waals surface area contributed by atoms with Crippen LogP contribution < -0.4 is 18.9 Å². The van der Waals surface area contributed by atoms with E-state index >= 15 is 0 Å². The second-order valence-corrected chi connectivity index (χ2v) is 3.21. The van der Waals surface area contributed by atoms with Crippen LogP contribution in [-0.4, -0.2) is 19.0 Å². The van der Waals surface area contributed by atoms with Crippen molar-refractivity contribution in [2.45, 2.75) is 33.0 Å². The third-order valence-electron chi connectivity index (χ3n) is 1.57. The normalized spacial score (nSPS) is 21.8. The Morgan fingerprint density at radius 3 is 2.09 bits per heavy atom. The minimum atomic E-state index is -0.321. The van der Waals surface area contributed by atoms with E-state index < -0.39 is 0 Å². The van der Waals surface area contributed by atoms with Gasteiger partial charge in [0.25, 0.3) is 0 Å². The van der Waals surface area contributed by atoms with Crippen LogP contribution in [0.25, 0.3) is 0 Å². The molecule has 1 aliphatic rings. The first-order valence-corrected chi connectivity index (χ1v) is 3.69. The molecule has 0 aromatic rings. The number of hydrogen-bond donors (Lipinski definition) is 0. The molecular formula is C8H15LiO2. The maximum Gasteiger partial charge on any atom is 1.00 e. The van der Waals surface area contributed by atoms with E-state index in [0.29, 0.717) is 0 Å². The Bertz CT molecular complexity index is 109. The minimum absolute atomic E-state index is 0. The van der Waals surface area contributed by atoms with Gasteiger partial charge in [-0.3, -0.25) is 0 Å². The van der Waals surface area contributed by atoms with Gasteiger partial charge >= 0.3 is 18.9 Å². The van der Waals surface area contributed by atoms with E-state index in [-0.39, 0.29) is 24.6 Å². The zero-order valence-electron chi connectivity index (χ0n) is 7.94. The second kappa shape index (κ2) is 4.52. The molecule has 0 spiro atoms. The SMILES string of the molecule is C[C-](C)CC1(C)OCCO1.[Li+]. The van der Waals surface area contributed by atoms with Crippen LogP contribution in [0, 0.1) is 5.92 Å². The van der Waals surface area contributed by atoms with Crippen molar-refractivity contribution in [2.24, 2.45) is 0 Å². The fourth-order valence-corrected chi connectivity index (χ4v) is 1.30. The van der Waals surface area contributed by atoms with E-state index in [2.05, 4.69) is 13.8 Å². The number of hydrogen-bond acceptors (Lipinski definition) is 2. The van der Waals surface area contributed by atoms with Gasteiger partial charge in [0.2, 0.25) is 0 Å². The Hall–Kier alpha value is 0.517. The van der Waals surface area contributed by atoms with Crippen molar-refractivity contribution in [3.8, 4) is 0 Å². The van der Waals surface area contributed by atoms with Gasteiger partial charge in [0.1, 0.15) is 5.79 Å². The van der Waals surface area contributed by atoms with Crippen LogP contribution in [0.5, 0.6) is 0 Å². The molecule has 0 radical (unpaired) electrons. The Labute approximate surface area is 80.8 Å². The smallest absolute Gasteiger partial charge is 0.351 e. The first kappa shape index (κ1) is 11.5. The van der Waals surface area contributed by atoms with Gasteiger partial charge in [0, 0.05) is 0 Å². The van der Waals surface area contributed by atoms with Crippen LogP contribution in [-0.2, 0) is 9.47 Å². The van der Waals surface area contributed by atoms with E-state index in [0.717, 1.165) is 19.6 Å². The molecule has 0 saturated carbocycles. The van der Waals surface area contributed by atoms with Gasteiger partial charge in [-0.15, -0.1) is 6.42 Å². The molecule has 1 rings (SSSR count). The van der Waals surface area contributed by atoms with E-state index in [9.17, 15) is 0 Å². The van der Waals surface area contributed by atoms with E-state index in [1.807, 2.05) is 6.92 Å². The molecule has 60 valence electrons. The van der Waals surface area contributed by atoms with Crippen LogP contribution in [0.3, 0.4) is 0 Å². The molecule has 0 N–H and O–H groups in total. The summed E-state index contributed by atoms with van der Waals surface area (Å²) in [6.07, 6.45) is 0.910. The van der Waals surface area contributed by atoms with Gasteiger partial charge in [-0.05, 0) is 6.92 Å². The van der Waals surface area contributed by atoms with Crippen LogP contribution in [0.2, 0.25) is 0 Å². The summed E-state index contributed by atoms with van der Waals surface area (Å²) in [4.78, 5) is 0. The van der Waals surface area contributed by atoms with Gasteiger partial charge < -0.3 is 15.4 Å². The van der Waals surface area contributed by atoms with E-state index in [4.69, 9.17) is 9.47 Å². The van der Waals surface area contributed by atoms with Crippen molar-refractivity contribution < 1.29 is 28.3 Å². The summed E-state index contributed by atoms with van der Waals surface area (Å²) < 4.78 is 10.8. The molecule has 0 atom stereocenters. The number of rotatable bonds is 2. The summed E-state index contributed by atoms with van der Waals surface area (Å²) in [7, 11) is 0. The topological polar surface area (TPSA) is 18.5 Å². The number of ether oxygens (including phenoxy) is 2. The predicted octanol–water partition coefficient (Wildman–Crippen LogP) is -1.24. The predicted molar refractivity (Wildman–Crippen MR) is 39.5 cm³/mol. The maximum absolute atomic E-state index is 5.41. The van der Waals surface area contributed by atoms with Crippen LogP contribution in [0.1, 0.15) is 27.2 Å². The standard InChI is InChI=1S/C8H15O2.Li/c1-7(2)6-8(3)9-4-5-10-8;/h4-6H2,1-3H3;/q-1;+1. The van der Waals surface area contributed by atoms with E-state index in [1.54, 1.807) is 0 Å². The minimum Gasteiger partial charge on any atom is -0.351 e. The summed E-state index contributed by atoms with van der Waals surface area (Å²) >= 11 is 0. The zero-order valence-corrected chi connectivity index (χ0v) is 7.94. The summed E-state index contributed by atoms with van der Waals surface area (Å²) in [5, 5.41) is 0. The zero-order chi connectivity index (χ0) is 7.61. The summed E-state index contributed by atoms with van der Waals surface area (Å²) in [5.74, 6) is 1.03. The monoisotopic (exact) mass is 150 g/mol. The molecule has 1 fully saturated rings. The average molecular weight is 150 g/mol. The molecule has 3 heteroatoms. The molecule has 0 aliphatic carbocycles. The average Bonchev–Trinajstić information content (AvgIpc) is 2.12. The van der Waals surface area contributed by atoms with Crippen molar-refractivity contribution in [1.29, 1.82) is 0 Å². The van der Waals surface area contributed by atoms with Crippen molar-refractivity contribution in [2.75, 3.05) is 13.2 Å². The van der Waals surface area contributed by atoms with Crippen molar-refractivity contribution in [3.05, 3.63) is 5.92 Å². The molecule has 1 aliphatic heterocycles. The molecule has 2 nitrogen and oxygen atoms in total. The maximum atomic E-state index is 5.41. The van der Waals surface area contributed by atoms with Gasteiger partial charge in [-0.2, -0.15) is 13.8 Å². The van der Waals surface area contributed by atoms with Crippen LogP contribution in [0.15, 0.2) is 0 Å². The Balaban J connectivity index is 0.000001000. The Kier molecular flexibility index (Phi) is 4.73. The van der Waals surface area contributed by atoms with E-state index in [1.165, 1.54) is 5.92 Å². The largest absolute Gasteiger partial charge is 1.00 e. The van der Waals surface area contributed by atoms with Gasteiger partial charge in [-0.1, -0.05) is 0 Å². The van der Waals surface area contributed by atoms with Gasteiger partial charge in [0.05, 0.1) is 13.2 Å². The third kappa shape index (κ3) is 3.62. The molecule has 0 aromatic heterocycles. The fraction of sp³-hybridized carbons (Fsp3) is 0.875. The molecule has 11 heavy (non-hydrogen) atoms. The van der Waals surface area contributed by atoms with Crippen molar-refractivity contribution in [1.82, 2.24) is 0 Å². The molecule has 0 aromatic carbocycles. The van der Waals surface area contributed by atoms with Crippen molar-refractivity contribution in [3.63, 3.8) is 0 Å². The summed E-state index contributed by atoms with van der Waals surface area (Å²) in [6, 6.07) is 0. The van der Waals surface area contributed by atoms with Crippen LogP contribution >= 0.6 is 0 Å². The summed E-state index contributed by atoms with van der Waals surface area (Å²) in [5.41, 5.74) is 0. The second-order valence-electron chi connectivity index (χ2n) is 3.21. The molecule has 1 heterocycles. The first-order valence-electron chi connectivity index (χ1n) is 3.69. The fourth-order valence-electron chi connectivity index (χ4n) is 1.30. The molecular weight excluding hydrogens is 135 g/mol. The van der Waals surface area contributed by atoms with Gasteiger partial charge in [0.15, 0.2) is 0 Å². The Morgan fingerprint density at radius 1 is 1.27 bits per heavy atom.